The second kappa shape index (κ2) is 21.4. The Morgan fingerprint density at radius 1 is 1.08 bits per heavy atom. The number of carbonyl (C=O) groups is 2. The van der Waals surface area contributed by atoms with E-state index in [4.69, 9.17) is 11.0 Å². The van der Waals surface area contributed by atoms with Crippen LogP contribution in [0, 0.1) is 33.3 Å². The highest BCUT2D eigenvalue weighted by Gasteiger charge is 2.29. The van der Waals surface area contributed by atoms with Crippen molar-refractivity contribution in [1.29, 1.82) is 5.26 Å². The zero-order chi connectivity index (χ0) is 28.1. The number of nitrogens with one attached hydrogen (secondary N) is 2. The van der Waals surface area contributed by atoms with Gasteiger partial charge in [0.2, 0.25) is 5.91 Å². The van der Waals surface area contributed by atoms with E-state index in [0.29, 0.717) is 32.1 Å². The van der Waals surface area contributed by atoms with Gasteiger partial charge in [-0.25, -0.2) is 15.1 Å². The molecule has 0 aromatic carbocycles. The average Bonchev–Trinajstić information content (AvgIpc) is 2.80. The predicted molar refractivity (Wildman–Crippen MR) is 142 cm³/mol. The number of hydrogen-bond donors (Lipinski definition) is 5. The lowest BCUT2D eigenvalue weighted by Crippen LogP contribution is -2.49. The molecule has 0 aromatic rings. The molecule has 6 N–H and O–H groups in total. The van der Waals surface area contributed by atoms with Crippen LogP contribution in [-0.2, 0) is 9.59 Å². The van der Waals surface area contributed by atoms with Crippen LogP contribution in [0.3, 0.4) is 0 Å². The normalized spacial score (nSPS) is 13.0. The summed E-state index contributed by atoms with van der Waals surface area (Å²) >= 11 is 0. The molecule has 0 saturated heterocycles. The summed E-state index contributed by atoms with van der Waals surface area (Å²) in [5, 5.41) is 40.1. The summed E-state index contributed by atoms with van der Waals surface area (Å²) in [6.45, 7) is 3.94. The van der Waals surface area contributed by atoms with Crippen LogP contribution in [0.15, 0.2) is 4.99 Å². The molecule has 0 heterocycles. The minimum Gasteiger partial charge on any atom is -0.426 e. The third-order valence-electron chi connectivity index (χ3n) is 5.95. The Morgan fingerprint density at radius 2 is 1.68 bits per heavy atom. The highest BCUT2D eigenvalue weighted by atomic mass is 16.7. The number of carbonyl (C=O) groups excluding carboxylic acids is 2. The molecule has 2 atom stereocenters. The molecule has 0 radical (unpaired) electrons. The van der Waals surface area contributed by atoms with Crippen molar-refractivity contribution in [2.45, 2.75) is 110 Å². The van der Waals surface area contributed by atoms with Crippen molar-refractivity contribution < 1.29 is 24.7 Å². The fourth-order valence-corrected chi connectivity index (χ4v) is 4.02. The first-order chi connectivity index (χ1) is 17.6. The predicted octanol–water partition coefficient (Wildman–Crippen LogP) is 2.41. The number of aliphatic imine (C=N–C) groups is 1. The van der Waals surface area contributed by atoms with Gasteiger partial charge in [-0.1, -0.05) is 57.8 Å². The highest BCUT2D eigenvalue weighted by molar-refractivity contribution is 6.43. The minimum absolute atomic E-state index is 0.0281. The summed E-state index contributed by atoms with van der Waals surface area (Å²) in [7, 11) is -1.72. The summed E-state index contributed by atoms with van der Waals surface area (Å²) in [6, 6.07) is 2.15. The average molecular weight is 524 g/mol. The van der Waals surface area contributed by atoms with Crippen LogP contribution in [0.2, 0.25) is 0 Å². The van der Waals surface area contributed by atoms with Crippen LogP contribution in [0.5, 0.6) is 0 Å². The molecule has 0 aliphatic carbocycles. The van der Waals surface area contributed by atoms with Crippen molar-refractivity contribution >= 4 is 24.8 Å². The number of guanidine groups is 1. The van der Waals surface area contributed by atoms with Gasteiger partial charge in [-0.15, -0.1) is 0 Å². The van der Waals surface area contributed by atoms with Crippen molar-refractivity contribution in [2.75, 3.05) is 6.54 Å². The van der Waals surface area contributed by atoms with Crippen LogP contribution in [-0.4, -0.2) is 52.3 Å². The second-order valence-corrected chi connectivity index (χ2v) is 9.86. The maximum Gasteiger partial charge on any atom is 0.475 e. The number of nitrogens with two attached hydrogens (primary N) is 1. The molecular formula is C24H45BN6O6. The van der Waals surface area contributed by atoms with Gasteiger partial charge in [0.1, 0.15) is 5.78 Å². The Balaban J connectivity index is 4.71. The van der Waals surface area contributed by atoms with Crippen LogP contribution in [0.4, 0.5) is 0 Å². The molecule has 0 spiro atoms. The summed E-state index contributed by atoms with van der Waals surface area (Å²) in [5.41, 5.74) is 7.14. The molecule has 0 aliphatic rings. The van der Waals surface area contributed by atoms with E-state index < -0.39 is 29.9 Å². The topological polar surface area (TPSA) is 204 Å². The minimum atomic E-state index is -1.72. The number of hydrogen-bond acceptors (Lipinski definition) is 8. The summed E-state index contributed by atoms with van der Waals surface area (Å²) in [6.07, 6.45) is 10.2. The maximum atomic E-state index is 12.9. The van der Waals surface area contributed by atoms with Crippen molar-refractivity contribution in [3.8, 4) is 6.07 Å². The largest absolute Gasteiger partial charge is 0.475 e. The van der Waals surface area contributed by atoms with Crippen LogP contribution >= 0.6 is 0 Å². The smallest absolute Gasteiger partial charge is 0.426 e. The molecule has 13 heteroatoms. The number of nitro groups is 1. The summed E-state index contributed by atoms with van der Waals surface area (Å²) in [5.74, 6) is -2.19. The van der Waals surface area contributed by atoms with E-state index >= 15 is 0 Å². The van der Waals surface area contributed by atoms with E-state index in [1.807, 2.05) is 13.8 Å². The number of rotatable bonds is 22. The fraction of sp³-hybridized carbons (Fsp3) is 0.833. The number of Topliss-reactive ketones (excluding diaryl/α,β-unsaturated/α-hetero) is 1. The first kappa shape index (κ1) is 34.3. The molecule has 0 bridgehead atoms. The van der Waals surface area contributed by atoms with Gasteiger partial charge in [0.25, 0.3) is 5.96 Å². The van der Waals surface area contributed by atoms with Gasteiger partial charge in [0.05, 0.1) is 12.0 Å². The molecule has 0 fully saturated rings. The van der Waals surface area contributed by atoms with Gasteiger partial charge in [0.15, 0.2) is 5.03 Å². The first-order valence-electron chi connectivity index (χ1n) is 13.3. The van der Waals surface area contributed by atoms with Gasteiger partial charge >= 0.3 is 7.12 Å². The molecule has 210 valence electrons. The molecule has 37 heavy (non-hydrogen) atoms. The zero-order valence-electron chi connectivity index (χ0n) is 22.4. The molecule has 0 aromatic heterocycles. The van der Waals surface area contributed by atoms with Crippen LogP contribution in [0.25, 0.3) is 0 Å². The zero-order valence-corrected chi connectivity index (χ0v) is 22.4. The van der Waals surface area contributed by atoms with Crippen molar-refractivity contribution in [1.82, 2.24) is 10.7 Å². The van der Waals surface area contributed by atoms with Crippen LogP contribution in [0.1, 0.15) is 104 Å². The number of ketones is 1. The maximum absolute atomic E-state index is 12.9. The molecule has 0 rings (SSSR count). The van der Waals surface area contributed by atoms with Gasteiger partial charge < -0.3 is 21.1 Å². The van der Waals surface area contributed by atoms with Crippen LogP contribution < -0.4 is 16.5 Å². The number of nitriles is 1. The lowest BCUT2D eigenvalue weighted by atomic mass is 9.74. The monoisotopic (exact) mass is 524 g/mol. The summed E-state index contributed by atoms with van der Waals surface area (Å²) < 4.78 is 0. The summed E-state index contributed by atoms with van der Waals surface area (Å²) in [4.78, 5) is 39.8. The third kappa shape index (κ3) is 20.1. The number of nitrogens with zero attached hydrogens (tertiary/aromatic N) is 3. The molecule has 0 saturated carbocycles. The SMILES string of the molecule is CC(C)C[C@H](NC(=O)[C@H](CCCN=C(N)N[N+](=O)[O-])CC(=O)CCCCCCCCCCC#N)B(O)O. The van der Waals surface area contributed by atoms with E-state index in [0.717, 1.165) is 51.4 Å². The van der Waals surface area contributed by atoms with Crippen molar-refractivity contribution in [2.24, 2.45) is 22.6 Å². The van der Waals surface area contributed by atoms with E-state index in [-0.39, 0.29) is 30.6 Å². The van der Waals surface area contributed by atoms with E-state index in [2.05, 4.69) is 16.4 Å². The molecule has 0 unspecified atom stereocenters. The third-order valence-corrected chi connectivity index (χ3v) is 5.95. The highest BCUT2D eigenvalue weighted by Crippen LogP contribution is 2.17. The van der Waals surface area contributed by atoms with Gasteiger partial charge in [0, 0.05) is 31.7 Å². The Hall–Kier alpha value is -2.72. The fourth-order valence-electron chi connectivity index (χ4n) is 4.02. The Morgan fingerprint density at radius 3 is 2.22 bits per heavy atom. The molecular weight excluding hydrogens is 479 g/mol. The van der Waals surface area contributed by atoms with Crippen molar-refractivity contribution in [3.05, 3.63) is 10.1 Å². The number of amides is 1. The van der Waals surface area contributed by atoms with Gasteiger partial charge in [-0.3, -0.25) is 9.59 Å². The van der Waals surface area contributed by atoms with Crippen molar-refractivity contribution in [3.63, 3.8) is 0 Å². The standard InChI is InChI=1S/C24H45BN6O6/c1-19(2)17-22(25(34)35)29-23(33)20(13-12-16-28-24(27)30-31(36)37)18-21(32)14-10-8-6-4-3-5-7-9-11-15-26/h19-20,22,34-35H,3-14,16-18H2,1-2H3,(H,29,33)(H3,27,28,30)/t20-,22+/m1/s1. The molecule has 1 amide bonds. The number of unbranched alkanes of at least 4 members (excludes halogenated alkanes) is 8. The lowest BCUT2D eigenvalue weighted by molar-refractivity contribution is -0.525. The Bertz CT molecular complexity index is 744. The van der Waals surface area contributed by atoms with E-state index in [9.17, 15) is 29.8 Å². The van der Waals surface area contributed by atoms with Gasteiger partial charge in [-0.2, -0.15) is 5.26 Å². The second-order valence-electron chi connectivity index (χ2n) is 9.86. The van der Waals surface area contributed by atoms with E-state index in [1.165, 1.54) is 0 Å². The Labute approximate surface area is 220 Å². The lowest BCUT2D eigenvalue weighted by Gasteiger charge is -2.23. The first-order valence-corrected chi connectivity index (χ1v) is 13.3. The van der Waals surface area contributed by atoms with Gasteiger partial charge in [-0.05, 0) is 38.0 Å². The quantitative estimate of drug-likeness (QED) is 0.0352. The van der Waals surface area contributed by atoms with E-state index in [1.54, 1.807) is 5.43 Å². The number of hydrazine groups is 1. The Kier molecular flexibility index (Phi) is 19.8. The molecule has 0 aliphatic heterocycles. The molecule has 12 nitrogen and oxygen atoms in total.